The Bertz CT molecular complexity index is 1370. The standard InChI is InChI=1S/C23H15N3Se/c1-2-8-16(9-3-1)21-22(25-14-15-27-23(25)24-21)26-19-12-6-4-10-17(19)18-11-5-7-13-20(18)26/h1-15H. The number of hydrogen-bond donors (Lipinski definition) is 0. The van der Waals surface area contributed by atoms with Crippen LogP contribution in [0.3, 0.4) is 0 Å². The molecule has 0 aliphatic carbocycles. The van der Waals surface area contributed by atoms with Crippen LogP contribution in [0.25, 0.3) is 43.4 Å². The van der Waals surface area contributed by atoms with Gasteiger partial charge in [-0.05, 0) is 0 Å². The predicted octanol–water partition coefficient (Wildman–Crippen LogP) is 5.16. The van der Waals surface area contributed by atoms with Crippen molar-refractivity contribution in [1.29, 1.82) is 0 Å². The number of hydrogen-bond acceptors (Lipinski definition) is 1. The van der Waals surface area contributed by atoms with Gasteiger partial charge in [0.1, 0.15) is 0 Å². The van der Waals surface area contributed by atoms with Crippen molar-refractivity contribution < 1.29 is 0 Å². The van der Waals surface area contributed by atoms with Crippen molar-refractivity contribution in [3.63, 3.8) is 0 Å². The zero-order valence-electron chi connectivity index (χ0n) is 14.4. The van der Waals surface area contributed by atoms with Gasteiger partial charge in [-0.1, -0.05) is 0 Å². The van der Waals surface area contributed by atoms with E-state index >= 15 is 0 Å². The van der Waals surface area contributed by atoms with Crippen LogP contribution in [0.1, 0.15) is 0 Å². The predicted molar refractivity (Wildman–Crippen MR) is 112 cm³/mol. The summed E-state index contributed by atoms with van der Waals surface area (Å²) in [5.74, 6) is 1.13. The van der Waals surface area contributed by atoms with Crippen LogP contribution in [0.5, 0.6) is 0 Å². The first-order chi connectivity index (χ1) is 13.4. The number of nitrogens with zero attached hydrogens (tertiary/aromatic N) is 3. The third kappa shape index (κ3) is 2.11. The molecule has 6 rings (SSSR count). The van der Waals surface area contributed by atoms with Crippen LogP contribution < -0.4 is 0 Å². The van der Waals surface area contributed by atoms with Gasteiger partial charge in [0.15, 0.2) is 0 Å². The van der Waals surface area contributed by atoms with Gasteiger partial charge in [-0.25, -0.2) is 0 Å². The Kier molecular flexibility index (Phi) is 3.18. The molecule has 0 radical (unpaired) electrons. The summed E-state index contributed by atoms with van der Waals surface area (Å²) in [5.41, 5.74) is 4.63. The molecule has 128 valence electrons. The fourth-order valence-corrected chi connectivity index (χ4v) is 5.42. The summed E-state index contributed by atoms with van der Waals surface area (Å²) in [6.07, 6.45) is 2.17. The third-order valence-electron chi connectivity index (χ3n) is 5.08. The molecular weight excluding hydrogens is 397 g/mol. The summed E-state index contributed by atoms with van der Waals surface area (Å²) in [6.45, 7) is 0. The Morgan fingerprint density at radius 3 is 2.04 bits per heavy atom. The summed E-state index contributed by atoms with van der Waals surface area (Å²) in [6, 6.07) is 27.8. The van der Waals surface area contributed by atoms with Crippen molar-refractivity contribution >= 4 is 40.8 Å². The number of aromatic nitrogens is 3. The number of imidazole rings is 1. The van der Waals surface area contributed by atoms with E-state index in [1.807, 2.05) is 0 Å². The Labute approximate surface area is 161 Å². The summed E-state index contributed by atoms with van der Waals surface area (Å²) in [7, 11) is 0. The molecule has 3 nitrogen and oxygen atoms in total. The first kappa shape index (κ1) is 15.0. The molecule has 0 fully saturated rings. The molecule has 0 N–H and O–H groups in total. The Balaban J connectivity index is 1.83. The van der Waals surface area contributed by atoms with Gasteiger partial charge in [-0.15, -0.1) is 0 Å². The third-order valence-corrected chi connectivity index (χ3v) is 6.66. The maximum absolute atomic E-state index is 5.04. The van der Waals surface area contributed by atoms with E-state index in [2.05, 4.69) is 99.0 Å². The SMILES string of the molecule is c1ccc(-c2nc3[se]ccn3c2-n2c3ccccc3c3ccccc32)cc1. The van der Waals surface area contributed by atoms with Crippen LogP contribution in [0.15, 0.2) is 90.0 Å². The van der Waals surface area contributed by atoms with E-state index in [1.54, 1.807) is 0 Å². The zero-order valence-corrected chi connectivity index (χ0v) is 16.1. The molecular formula is C23H15N3Se. The minimum atomic E-state index is 0.278. The molecule has 6 aromatic rings. The molecule has 0 unspecified atom stereocenters. The Morgan fingerprint density at radius 2 is 1.33 bits per heavy atom. The molecule has 0 spiro atoms. The number of para-hydroxylation sites is 2. The average molecular weight is 412 g/mol. The van der Waals surface area contributed by atoms with Crippen LogP contribution in [0.4, 0.5) is 0 Å². The Hall–Kier alpha value is -3.07. The summed E-state index contributed by atoms with van der Waals surface area (Å²) >= 11 is 0.278. The minimum absolute atomic E-state index is 0.278. The normalized spacial score (nSPS) is 11.7. The zero-order chi connectivity index (χ0) is 17.8. The Morgan fingerprint density at radius 1 is 0.704 bits per heavy atom. The fraction of sp³-hybridized carbons (Fsp3) is 0. The van der Waals surface area contributed by atoms with Gasteiger partial charge in [0.05, 0.1) is 0 Å². The number of benzene rings is 3. The quantitative estimate of drug-likeness (QED) is 0.361. The number of fused-ring (bicyclic) bond motifs is 4. The summed E-state index contributed by atoms with van der Waals surface area (Å²) in [4.78, 5) is 7.28. The van der Waals surface area contributed by atoms with Gasteiger partial charge in [-0.3, -0.25) is 0 Å². The molecule has 0 saturated heterocycles. The number of rotatable bonds is 2. The van der Waals surface area contributed by atoms with Crippen LogP contribution in [0, 0.1) is 0 Å². The van der Waals surface area contributed by atoms with Gasteiger partial charge < -0.3 is 0 Å². The van der Waals surface area contributed by atoms with Crippen molar-refractivity contribution in [2.24, 2.45) is 0 Å². The maximum atomic E-state index is 5.04. The molecule has 3 aromatic heterocycles. The van der Waals surface area contributed by atoms with E-state index in [0.717, 1.165) is 21.6 Å². The molecule has 0 amide bonds. The molecule has 3 heterocycles. The molecule has 3 aromatic carbocycles. The van der Waals surface area contributed by atoms with Crippen LogP contribution in [0.2, 0.25) is 0 Å². The topological polar surface area (TPSA) is 22.2 Å². The van der Waals surface area contributed by atoms with Crippen molar-refractivity contribution in [2.45, 2.75) is 0 Å². The van der Waals surface area contributed by atoms with Crippen LogP contribution in [-0.4, -0.2) is 28.5 Å². The first-order valence-electron chi connectivity index (χ1n) is 8.91. The van der Waals surface area contributed by atoms with Gasteiger partial charge in [0.2, 0.25) is 0 Å². The van der Waals surface area contributed by atoms with Crippen molar-refractivity contribution in [1.82, 2.24) is 14.0 Å². The monoisotopic (exact) mass is 413 g/mol. The molecule has 0 aliphatic rings. The summed E-state index contributed by atoms with van der Waals surface area (Å²) in [5, 5.41) is 2.55. The average Bonchev–Trinajstić information content (AvgIpc) is 3.40. The second-order valence-corrected chi connectivity index (χ2v) is 8.41. The molecule has 0 saturated carbocycles. The van der Waals surface area contributed by atoms with Gasteiger partial charge in [-0.2, -0.15) is 0 Å². The fourth-order valence-electron chi connectivity index (χ4n) is 3.93. The van der Waals surface area contributed by atoms with Crippen LogP contribution in [-0.2, 0) is 0 Å². The van der Waals surface area contributed by atoms with Crippen LogP contribution >= 0.6 is 0 Å². The van der Waals surface area contributed by atoms with Gasteiger partial charge >= 0.3 is 162 Å². The van der Waals surface area contributed by atoms with E-state index in [9.17, 15) is 0 Å². The van der Waals surface area contributed by atoms with E-state index in [4.69, 9.17) is 4.98 Å². The molecule has 27 heavy (non-hydrogen) atoms. The van der Waals surface area contributed by atoms with Crippen molar-refractivity contribution in [3.05, 3.63) is 90.0 Å². The van der Waals surface area contributed by atoms with E-state index < -0.39 is 0 Å². The molecule has 0 aliphatic heterocycles. The van der Waals surface area contributed by atoms with E-state index in [1.165, 1.54) is 21.8 Å². The van der Waals surface area contributed by atoms with Gasteiger partial charge in [0.25, 0.3) is 0 Å². The van der Waals surface area contributed by atoms with Crippen molar-refractivity contribution in [2.75, 3.05) is 0 Å². The molecule has 0 bridgehead atoms. The van der Waals surface area contributed by atoms with E-state index in [0.29, 0.717) is 0 Å². The van der Waals surface area contributed by atoms with E-state index in [-0.39, 0.29) is 14.5 Å². The molecule has 0 atom stereocenters. The second-order valence-electron chi connectivity index (χ2n) is 6.58. The molecule has 4 heteroatoms. The van der Waals surface area contributed by atoms with Crippen molar-refractivity contribution in [3.8, 4) is 17.1 Å². The summed E-state index contributed by atoms with van der Waals surface area (Å²) < 4.78 is 5.79. The first-order valence-corrected chi connectivity index (χ1v) is 10.8. The second kappa shape index (κ2) is 5.71. The van der Waals surface area contributed by atoms with Gasteiger partial charge in [0, 0.05) is 0 Å².